The lowest BCUT2D eigenvalue weighted by Gasteiger charge is -1.82. The Bertz CT molecular complexity index is 124. The molecule has 1 aromatic rings. The van der Waals surface area contributed by atoms with Crippen LogP contribution in [0, 0.1) is 7.11 Å². The summed E-state index contributed by atoms with van der Waals surface area (Å²) in [4.78, 5) is 3.58. The van der Waals surface area contributed by atoms with Gasteiger partial charge in [-0.1, -0.05) is 0 Å². The van der Waals surface area contributed by atoms with Crippen LogP contribution in [-0.2, 0) is 0 Å². The summed E-state index contributed by atoms with van der Waals surface area (Å²) < 4.78 is 8.93. The van der Waals surface area contributed by atoms with Gasteiger partial charge in [0.15, 0.2) is 12.7 Å². The summed E-state index contributed by atoms with van der Waals surface area (Å²) >= 11 is 0. The van der Waals surface area contributed by atoms with E-state index in [0.29, 0.717) is 5.88 Å². The first-order valence-corrected chi connectivity index (χ1v) is 1.73. The maximum Gasteiger partial charge on any atom is 0.252 e. The smallest absolute Gasteiger partial charge is 0.252 e. The first-order chi connectivity index (χ1) is 3.43. The van der Waals surface area contributed by atoms with Crippen LogP contribution >= 0.6 is 0 Å². The standard InChI is InChI=1S/C4H4NO2/c1-6-4-2-7-3-5-4/h2-3H,1H2. The van der Waals surface area contributed by atoms with E-state index >= 15 is 0 Å². The molecule has 0 fully saturated rings. The lowest BCUT2D eigenvalue weighted by Crippen LogP contribution is -1.74. The second kappa shape index (κ2) is 1.64. The third-order valence-electron chi connectivity index (χ3n) is 0.558. The Balaban J connectivity index is 2.76. The predicted molar refractivity (Wildman–Crippen MR) is 22.5 cm³/mol. The average molecular weight is 98.1 g/mol. The van der Waals surface area contributed by atoms with E-state index in [1.54, 1.807) is 0 Å². The van der Waals surface area contributed by atoms with E-state index in [0.717, 1.165) is 0 Å². The van der Waals surface area contributed by atoms with Gasteiger partial charge in [-0.15, -0.1) is 0 Å². The van der Waals surface area contributed by atoms with Gasteiger partial charge in [0.2, 0.25) is 0 Å². The summed E-state index contributed by atoms with van der Waals surface area (Å²) in [5.41, 5.74) is 0. The second-order valence-corrected chi connectivity index (χ2v) is 0.971. The van der Waals surface area contributed by atoms with Crippen LogP contribution in [0.2, 0.25) is 0 Å². The Morgan fingerprint density at radius 3 is 3.00 bits per heavy atom. The molecule has 0 bridgehead atoms. The van der Waals surface area contributed by atoms with Gasteiger partial charge in [0.25, 0.3) is 5.88 Å². The molecular formula is C4H4NO2. The summed E-state index contributed by atoms with van der Waals surface area (Å²) in [6.07, 6.45) is 2.65. The second-order valence-electron chi connectivity index (χ2n) is 0.971. The summed E-state index contributed by atoms with van der Waals surface area (Å²) in [5, 5.41) is 0. The third-order valence-corrected chi connectivity index (χ3v) is 0.558. The molecule has 1 rings (SSSR count). The average Bonchev–Trinajstić information content (AvgIpc) is 2.14. The SMILES string of the molecule is [CH2]Oc1cocn1. The van der Waals surface area contributed by atoms with Crippen molar-refractivity contribution in [1.82, 2.24) is 4.98 Å². The molecular weight excluding hydrogens is 94.0 g/mol. The van der Waals surface area contributed by atoms with Gasteiger partial charge in [0.05, 0.1) is 0 Å². The molecule has 0 spiro atoms. The van der Waals surface area contributed by atoms with Gasteiger partial charge < -0.3 is 9.15 Å². The fraction of sp³-hybridized carbons (Fsp3) is 0. The maximum atomic E-state index is 4.53. The third kappa shape index (κ3) is 0.707. The van der Waals surface area contributed by atoms with Gasteiger partial charge in [0.1, 0.15) is 7.11 Å². The number of oxazole rings is 1. The molecule has 0 amide bonds. The van der Waals surface area contributed by atoms with Gasteiger partial charge in [-0.3, -0.25) is 0 Å². The zero-order valence-corrected chi connectivity index (χ0v) is 3.63. The zero-order chi connectivity index (χ0) is 5.11. The summed E-state index contributed by atoms with van der Waals surface area (Å²) in [6.45, 7) is 0. The van der Waals surface area contributed by atoms with Crippen LogP contribution in [0.4, 0.5) is 0 Å². The van der Waals surface area contributed by atoms with Crippen molar-refractivity contribution in [2.75, 3.05) is 0 Å². The molecule has 0 aliphatic carbocycles. The van der Waals surface area contributed by atoms with Crippen molar-refractivity contribution in [3.8, 4) is 5.88 Å². The van der Waals surface area contributed by atoms with E-state index in [1.165, 1.54) is 12.7 Å². The van der Waals surface area contributed by atoms with E-state index in [9.17, 15) is 0 Å². The molecule has 0 N–H and O–H groups in total. The number of ether oxygens (including phenoxy) is 1. The molecule has 0 atom stereocenters. The van der Waals surface area contributed by atoms with Gasteiger partial charge in [-0.25, -0.2) is 0 Å². The number of hydrogen-bond acceptors (Lipinski definition) is 3. The molecule has 3 nitrogen and oxygen atoms in total. The minimum Gasteiger partial charge on any atom is -0.472 e. The fourth-order valence-electron chi connectivity index (χ4n) is 0.273. The minimum absolute atomic E-state index is 0.403. The summed E-state index contributed by atoms with van der Waals surface area (Å²) in [7, 11) is 3.11. The number of nitrogens with zero attached hydrogens (tertiary/aromatic N) is 1. The predicted octanol–water partition coefficient (Wildman–Crippen LogP) is 0.845. The first kappa shape index (κ1) is 4.18. The topological polar surface area (TPSA) is 35.3 Å². The number of hydrogen-bond donors (Lipinski definition) is 0. The van der Waals surface area contributed by atoms with Crippen molar-refractivity contribution in [3.05, 3.63) is 19.8 Å². The molecule has 0 aliphatic rings. The highest BCUT2D eigenvalue weighted by Gasteiger charge is 1.86. The van der Waals surface area contributed by atoms with Crippen LogP contribution in [0.3, 0.4) is 0 Å². The molecule has 7 heavy (non-hydrogen) atoms. The summed E-state index contributed by atoms with van der Waals surface area (Å²) in [6, 6.07) is 0. The first-order valence-electron chi connectivity index (χ1n) is 1.73. The monoisotopic (exact) mass is 98.0 g/mol. The van der Waals surface area contributed by atoms with Gasteiger partial charge >= 0.3 is 0 Å². The largest absolute Gasteiger partial charge is 0.472 e. The molecule has 0 unspecified atom stereocenters. The van der Waals surface area contributed by atoms with Crippen molar-refractivity contribution in [3.63, 3.8) is 0 Å². The van der Waals surface area contributed by atoms with Crippen LogP contribution in [0.1, 0.15) is 0 Å². The lowest BCUT2D eigenvalue weighted by molar-refractivity contribution is 0.448. The van der Waals surface area contributed by atoms with E-state index in [1.807, 2.05) is 0 Å². The molecule has 1 heterocycles. The van der Waals surface area contributed by atoms with Crippen molar-refractivity contribution < 1.29 is 9.15 Å². The van der Waals surface area contributed by atoms with Gasteiger partial charge in [-0.2, -0.15) is 4.98 Å². The van der Waals surface area contributed by atoms with E-state index in [4.69, 9.17) is 0 Å². The Morgan fingerprint density at radius 2 is 2.71 bits per heavy atom. The van der Waals surface area contributed by atoms with Gasteiger partial charge in [0, 0.05) is 0 Å². The highest BCUT2D eigenvalue weighted by molar-refractivity contribution is 4.97. The molecule has 0 aliphatic heterocycles. The van der Waals surface area contributed by atoms with Crippen LogP contribution < -0.4 is 4.74 Å². The normalized spacial score (nSPS) is 8.71. The Kier molecular flexibility index (Phi) is 0.978. The molecule has 1 aromatic heterocycles. The maximum absolute atomic E-state index is 4.53. The van der Waals surface area contributed by atoms with Gasteiger partial charge in [-0.05, 0) is 0 Å². The summed E-state index contributed by atoms with van der Waals surface area (Å²) in [5.74, 6) is 0.403. The zero-order valence-electron chi connectivity index (χ0n) is 3.63. The van der Waals surface area contributed by atoms with Crippen molar-refractivity contribution in [2.45, 2.75) is 0 Å². The quantitative estimate of drug-likeness (QED) is 0.522. The van der Waals surface area contributed by atoms with Crippen LogP contribution in [0.25, 0.3) is 0 Å². The highest BCUT2D eigenvalue weighted by Crippen LogP contribution is 2.01. The molecule has 37 valence electrons. The Morgan fingerprint density at radius 1 is 1.86 bits per heavy atom. The van der Waals surface area contributed by atoms with Crippen LogP contribution in [-0.4, -0.2) is 4.98 Å². The van der Waals surface area contributed by atoms with E-state index < -0.39 is 0 Å². The van der Waals surface area contributed by atoms with E-state index in [-0.39, 0.29) is 0 Å². The number of aromatic nitrogens is 1. The number of rotatable bonds is 1. The molecule has 0 saturated heterocycles. The van der Waals surface area contributed by atoms with Crippen LogP contribution in [0.5, 0.6) is 5.88 Å². The van der Waals surface area contributed by atoms with E-state index in [2.05, 4.69) is 21.2 Å². The fourth-order valence-corrected chi connectivity index (χ4v) is 0.273. The van der Waals surface area contributed by atoms with Crippen molar-refractivity contribution in [2.24, 2.45) is 0 Å². The Labute approximate surface area is 40.9 Å². The lowest BCUT2D eigenvalue weighted by atomic mass is 10.9. The molecule has 0 aromatic carbocycles. The Hall–Kier alpha value is -0.990. The van der Waals surface area contributed by atoms with Crippen molar-refractivity contribution >= 4 is 0 Å². The minimum atomic E-state index is 0.403. The molecule has 3 heteroatoms. The van der Waals surface area contributed by atoms with Crippen LogP contribution in [0.15, 0.2) is 17.1 Å². The van der Waals surface area contributed by atoms with Crippen molar-refractivity contribution in [1.29, 1.82) is 0 Å². The molecule has 1 radical (unpaired) electrons. The molecule has 0 saturated carbocycles. The highest BCUT2D eigenvalue weighted by atomic mass is 16.5.